The minimum absolute atomic E-state index is 0.188. The molecule has 1 aliphatic heterocycles. The molecule has 1 aromatic carbocycles. The summed E-state index contributed by atoms with van der Waals surface area (Å²) in [4.78, 5) is 27.1. The highest BCUT2D eigenvalue weighted by molar-refractivity contribution is 5.86. The number of rotatable bonds is 6. The van der Waals surface area contributed by atoms with Crippen molar-refractivity contribution in [2.75, 3.05) is 51.0 Å². The van der Waals surface area contributed by atoms with Gasteiger partial charge >= 0.3 is 0 Å². The number of hydrogen-bond donors (Lipinski definition) is 1. The first-order chi connectivity index (χ1) is 16.6. The molecular formula is C24H26N8O2. The number of aromatic nitrogens is 5. The first-order valence-corrected chi connectivity index (χ1v) is 11.0. The summed E-state index contributed by atoms with van der Waals surface area (Å²) in [7, 11) is 3.22. The predicted molar refractivity (Wildman–Crippen MR) is 130 cm³/mol. The molecule has 34 heavy (non-hydrogen) atoms. The van der Waals surface area contributed by atoms with E-state index in [1.54, 1.807) is 26.6 Å². The molecule has 0 saturated carbocycles. The predicted octanol–water partition coefficient (Wildman–Crippen LogP) is 2.40. The van der Waals surface area contributed by atoms with Gasteiger partial charge in [0.05, 0.1) is 26.1 Å². The summed E-state index contributed by atoms with van der Waals surface area (Å²) in [5.74, 6) is 2.17. The maximum atomic E-state index is 6.02. The third-order valence-electron chi connectivity index (χ3n) is 5.89. The van der Waals surface area contributed by atoms with Crippen LogP contribution in [0, 0.1) is 0 Å². The summed E-state index contributed by atoms with van der Waals surface area (Å²) in [6.07, 6.45) is 5.39. The second kappa shape index (κ2) is 9.44. The van der Waals surface area contributed by atoms with E-state index in [0.29, 0.717) is 34.2 Å². The third kappa shape index (κ3) is 4.40. The van der Waals surface area contributed by atoms with Crippen molar-refractivity contribution in [1.82, 2.24) is 29.8 Å². The van der Waals surface area contributed by atoms with E-state index in [0.717, 1.165) is 38.3 Å². The Morgan fingerprint density at radius 3 is 2.50 bits per heavy atom. The van der Waals surface area contributed by atoms with E-state index in [9.17, 15) is 0 Å². The van der Waals surface area contributed by atoms with E-state index in [2.05, 4.69) is 35.8 Å². The van der Waals surface area contributed by atoms with Crippen LogP contribution >= 0.6 is 0 Å². The first-order valence-electron chi connectivity index (χ1n) is 11.0. The number of fused-ring (bicyclic) bond motifs is 1. The van der Waals surface area contributed by atoms with Crippen molar-refractivity contribution in [2.24, 2.45) is 0 Å². The van der Waals surface area contributed by atoms with Crippen molar-refractivity contribution < 1.29 is 9.47 Å². The Balaban J connectivity index is 1.42. The molecule has 1 saturated heterocycles. The molecule has 0 aliphatic carbocycles. The normalized spacial score (nSPS) is 14.4. The maximum absolute atomic E-state index is 6.02. The highest BCUT2D eigenvalue weighted by Gasteiger charge is 2.22. The molecule has 3 aromatic heterocycles. The smallest absolute Gasteiger partial charge is 0.224 e. The van der Waals surface area contributed by atoms with Gasteiger partial charge in [0.15, 0.2) is 28.5 Å². The van der Waals surface area contributed by atoms with Crippen LogP contribution in [0.25, 0.3) is 22.4 Å². The SMILES string of the molecule is COc1ccc(-c2cnc3nc(N)nc(N4CCN(Cc5cccnc5)CC4)c3n2)cc1OC. The van der Waals surface area contributed by atoms with Crippen LogP contribution in [-0.4, -0.2) is 70.2 Å². The number of pyridine rings is 1. The summed E-state index contributed by atoms with van der Waals surface area (Å²) in [5.41, 5.74) is 9.88. The van der Waals surface area contributed by atoms with Gasteiger partial charge in [-0.2, -0.15) is 9.97 Å². The van der Waals surface area contributed by atoms with E-state index in [1.165, 1.54) is 5.56 Å². The summed E-state index contributed by atoms with van der Waals surface area (Å²) in [6.45, 7) is 4.26. The number of nitrogens with zero attached hydrogens (tertiary/aromatic N) is 7. The lowest BCUT2D eigenvalue weighted by Gasteiger charge is -2.35. The minimum atomic E-state index is 0.188. The van der Waals surface area contributed by atoms with Gasteiger partial charge in [-0.25, -0.2) is 9.97 Å². The summed E-state index contributed by atoms with van der Waals surface area (Å²) in [6, 6.07) is 9.72. The standard InChI is InChI=1S/C24H26N8O2/c1-33-19-6-5-17(12-20(19)34-2)18-14-27-22-21(28-18)23(30-24(25)29-22)32-10-8-31(9-11-32)15-16-4-3-7-26-13-16/h3-7,12-14H,8-11,15H2,1-2H3,(H2,25,27,29,30). The number of anilines is 2. The molecule has 0 amide bonds. The number of nitrogen functional groups attached to an aromatic ring is 1. The van der Waals surface area contributed by atoms with Crippen LogP contribution in [0.15, 0.2) is 48.9 Å². The second-order valence-electron chi connectivity index (χ2n) is 8.03. The van der Waals surface area contributed by atoms with Gasteiger partial charge in [0.25, 0.3) is 0 Å². The minimum Gasteiger partial charge on any atom is -0.493 e. The average molecular weight is 459 g/mol. The lowest BCUT2D eigenvalue weighted by Crippen LogP contribution is -2.46. The number of nitrogens with two attached hydrogens (primary N) is 1. The Morgan fingerprint density at radius 2 is 1.76 bits per heavy atom. The highest BCUT2D eigenvalue weighted by Crippen LogP contribution is 2.32. The van der Waals surface area contributed by atoms with Gasteiger partial charge in [0.2, 0.25) is 5.95 Å². The summed E-state index contributed by atoms with van der Waals surface area (Å²) >= 11 is 0. The van der Waals surface area contributed by atoms with Crippen LogP contribution < -0.4 is 20.1 Å². The molecule has 0 atom stereocenters. The Morgan fingerprint density at radius 1 is 0.941 bits per heavy atom. The monoisotopic (exact) mass is 458 g/mol. The van der Waals surface area contributed by atoms with Crippen molar-refractivity contribution in [3.63, 3.8) is 0 Å². The van der Waals surface area contributed by atoms with Crippen molar-refractivity contribution in [3.05, 3.63) is 54.5 Å². The van der Waals surface area contributed by atoms with Crippen molar-refractivity contribution in [3.8, 4) is 22.8 Å². The van der Waals surface area contributed by atoms with E-state index < -0.39 is 0 Å². The number of benzene rings is 1. The molecule has 2 N–H and O–H groups in total. The lowest BCUT2D eigenvalue weighted by atomic mass is 10.1. The Kier molecular flexibility index (Phi) is 6.05. The number of piperazine rings is 1. The quantitative estimate of drug-likeness (QED) is 0.462. The molecule has 4 aromatic rings. The fourth-order valence-corrected chi connectivity index (χ4v) is 4.13. The summed E-state index contributed by atoms with van der Waals surface area (Å²) < 4.78 is 10.8. The molecule has 0 spiro atoms. The van der Waals surface area contributed by atoms with Gasteiger partial charge in [-0.05, 0) is 29.8 Å². The fourth-order valence-electron chi connectivity index (χ4n) is 4.13. The first kappa shape index (κ1) is 21.8. The molecule has 10 heteroatoms. The maximum Gasteiger partial charge on any atom is 0.224 e. The second-order valence-corrected chi connectivity index (χ2v) is 8.03. The average Bonchev–Trinajstić information content (AvgIpc) is 2.88. The van der Waals surface area contributed by atoms with E-state index in [-0.39, 0.29) is 5.95 Å². The zero-order valence-electron chi connectivity index (χ0n) is 19.2. The Hall–Kier alpha value is -4.05. The molecule has 4 heterocycles. The van der Waals surface area contributed by atoms with Gasteiger partial charge < -0.3 is 20.1 Å². The molecule has 1 fully saturated rings. The van der Waals surface area contributed by atoms with Crippen LogP contribution in [-0.2, 0) is 6.54 Å². The van der Waals surface area contributed by atoms with Crippen LogP contribution in [0.3, 0.4) is 0 Å². The third-order valence-corrected chi connectivity index (χ3v) is 5.89. The number of ether oxygens (including phenoxy) is 2. The van der Waals surface area contributed by atoms with E-state index >= 15 is 0 Å². The lowest BCUT2D eigenvalue weighted by molar-refractivity contribution is 0.249. The number of hydrogen-bond acceptors (Lipinski definition) is 10. The van der Waals surface area contributed by atoms with Crippen molar-refractivity contribution in [2.45, 2.75) is 6.54 Å². The van der Waals surface area contributed by atoms with Gasteiger partial charge in [-0.3, -0.25) is 9.88 Å². The summed E-state index contributed by atoms with van der Waals surface area (Å²) in [5, 5.41) is 0. The molecule has 0 unspecified atom stereocenters. The van der Waals surface area contributed by atoms with Gasteiger partial charge in [-0.15, -0.1) is 0 Å². The number of methoxy groups -OCH3 is 2. The molecule has 5 rings (SSSR count). The molecule has 10 nitrogen and oxygen atoms in total. The highest BCUT2D eigenvalue weighted by atomic mass is 16.5. The zero-order valence-corrected chi connectivity index (χ0v) is 19.2. The molecule has 174 valence electrons. The molecular weight excluding hydrogens is 432 g/mol. The van der Waals surface area contributed by atoms with Crippen LogP contribution in [0.2, 0.25) is 0 Å². The molecule has 0 bridgehead atoms. The van der Waals surface area contributed by atoms with E-state index in [4.69, 9.17) is 20.2 Å². The Bertz CT molecular complexity index is 1290. The van der Waals surface area contributed by atoms with Crippen LogP contribution in [0.4, 0.5) is 11.8 Å². The van der Waals surface area contributed by atoms with Gasteiger partial charge in [-0.1, -0.05) is 6.07 Å². The van der Waals surface area contributed by atoms with Gasteiger partial charge in [0.1, 0.15) is 0 Å². The van der Waals surface area contributed by atoms with Crippen LogP contribution in [0.5, 0.6) is 11.5 Å². The molecule has 1 aliphatic rings. The van der Waals surface area contributed by atoms with Crippen molar-refractivity contribution in [1.29, 1.82) is 0 Å². The Labute approximate surface area is 197 Å². The zero-order chi connectivity index (χ0) is 23.5. The fraction of sp³-hybridized carbons (Fsp3) is 0.292. The van der Waals surface area contributed by atoms with Crippen LogP contribution in [0.1, 0.15) is 5.56 Å². The van der Waals surface area contributed by atoms with Crippen molar-refractivity contribution >= 4 is 22.9 Å². The largest absolute Gasteiger partial charge is 0.493 e. The van der Waals surface area contributed by atoms with Gasteiger partial charge in [0, 0.05) is 50.7 Å². The topological polar surface area (TPSA) is 115 Å². The van der Waals surface area contributed by atoms with E-state index in [1.807, 2.05) is 30.5 Å². The molecule has 0 radical (unpaired) electrons.